The summed E-state index contributed by atoms with van der Waals surface area (Å²) in [5, 5.41) is 8.82. The Morgan fingerprint density at radius 1 is 1.20 bits per heavy atom. The molecule has 0 spiro atoms. The van der Waals surface area contributed by atoms with Crippen LogP contribution in [0.25, 0.3) is 0 Å². The normalized spacial score (nSPS) is 14.8. The largest absolute Gasteiger partial charge is 0.444 e. The van der Waals surface area contributed by atoms with E-state index in [-0.39, 0.29) is 6.09 Å². The molecule has 0 aromatic heterocycles. The lowest BCUT2D eigenvalue weighted by Gasteiger charge is -2.36. The monoisotopic (exact) mass is 377 g/mol. The molecule has 25 heavy (non-hydrogen) atoms. The van der Waals surface area contributed by atoms with E-state index in [1.807, 2.05) is 45.0 Å². The Hall–Kier alpha value is -1.78. The van der Waals surface area contributed by atoms with Gasteiger partial charge in [0.05, 0.1) is 11.6 Å². The molecule has 0 atom stereocenters. The zero-order chi connectivity index (χ0) is 18.4. The van der Waals surface area contributed by atoms with Gasteiger partial charge in [-0.05, 0) is 38.5 Å². The molecule has 0 bridgehead atoms. The molecule has 0 unspecified atom stereocenters. The summed E-state index contributed by atoms with van der Waals surface area (Å²) in [7, 11) is 0. The average molecular weight is 378 g/mol. The van der Waals surface area contributed by atoms with Gasteiger partial charge in [-0.25, -0.2) is 4.79 Å². The van der Waals surface area contributed by atoms with E-state index in [1.165, 1.54) is 0 Å². The lowest BCUT2D eigenvalue weighted by atomic mass is 10.2. The summed E-state index contributed by atoms with van der Waals surface area (Å²) in [6.07, 6.45) is -0.261. The first-order chi connectivity index (χ1) is 11.8. The zero-order valence-electron chi connectivity index (χ0n) is 14.8. The first kappa shape index (κ1) is 19.5. The van der Waals surface area contributed by atoms with E-state index < -0.39 is 5.60 Å². The van der Waals surface area contributed by atoms with E-state index >= 15 is 0 Å². The van der Waals surface area contributed by atoms with Gasteiger partial charge >= 0.3 is 6.09 Å². The van der Waals surface area contributed by atoms with E-state index in [0.717, 1.165) is 28.7 Å². The predicted octanol–water partition coefficient (Wildman–Crippen LogP) is 3.63. The molecule has 1 aromatic carbocycles. The highest BCUT2D eigenvalue weighted by Crippen LogP contribution is 2.19. The molecule has 1 aromatic rings. The molecule has 134 valence electrons. The predicted molar refractivity (Wildman–Crippen MR) is 104 cm³/mol. The Morgan fingerprint density at radius 3 is 2.28 bits per heavy atom. The second-order valence-electron chi connectivity index (χ2n) is 6.82. The maximum Gasteiger partial charge on any atom is 0.410 e. The number of carbonyl (C=O) groups is 1. The van der Waals surface area contributed by atoms with E-state index in [4.69, 9.17) is 22.2 Å². The molecule has 1 saturated heterocycles. The molecule has 1 fully saturated rings. The lowest BCUT2D eigenvalue weighted by Crippen LogP contribution is -2.50. The number of thioether (sulfide) groups is 1. The van der Waals surface area contributed by atoms with Crippen LogP contribution in [-0.2, 0) is 10.5 Å². The minimum Gasteiger partial charge on any atom is -0.444 e. The van der Waals surface area contributed by atoms with Gasteiger partial charge in [-0.2, -0.15) is 5.26 Å². The summed E-state index contributed by atoms with van der Waals surface area (Å²) < 4.78 is 6.25. The highest BCUT2D eigenvalue weighted by molar-refractivity contribution is 8.22. The van der Waals surface area contributed by atoms with Crippen molar-refractivity contribution >= 4 is 34.4 Å². The van der Waals surface area contributed by atoms with Crippen LogP contribution in [0.3, 0.4) is 0 Å². The van der Waals surface area contributed by atoms with Crippen LogP contribution < -0.4 is 0 Å². The van der Waals surface area contributed by atoms with E-state index in [2.05, 4.69) is 11.0 Å². The molecule has 2 rings (SSSR count). The second-order valence-corrected chi connectivity index (χ2v) is 8.43. The van der Waals surface area contributed by atoms with Crippen molar-refractivity contribution < 1.29 is 9.53 Å². The topological polar surface area (TPSA) is 56.6 Å². The van der Waals surface area contributed by atoms with Gasteiger partial charge in [0.2, 0.25) is 0 Å². The number of amides is 1. The SMILES string of the molecule is CC(C)(C)OC(=O)N1CCN(C(=S)SCc2ccc(C#N)cc2)CC1. The summed E-state index contributed by atoms with van der Waals surface area (Å²) in [5.74, 6) is 0.775. The van der Waals surface area contributed by atoms with E-state index in [9.17, 15) is 4.79 Å². The first-order valence-corrected chi connectivity index (χ1v) is 9.56. The van der Waals surface area contributed by atoms with Crippen molar-refractivity contribution in [1.82, 2.24) is 9.80 Å². The smallest absolute Gasteiger partial charge is 0.410 e. The minimum atomic E-state index is -0.472. The Kier molecular flexibility index (Phi) is 6.68. The maximum absolute atomic E-state index is 12.1. The van der Waals surface area contributed by atoms with Gasteiger partial charge < -0.3 is 14.5 Å². The number of benzene rings is 1. The number of nitrogens with zero attached hydrogens (tertiary/aromatic N) is 3. The molecule has 1 amide bonds. The van der Waals surface area contributed by atoms with Crippen LogP contribution in [0, 0.1) is 11.3 Å². The Morgan fingerprint density at radius 2 is 1.76 bits per heavy atom. The van der Waals surface area contributed by atoms with Crippen LogP contribution in [0.2, 0.25) is 0 Å². The molecule has 7 heteroatoms. The summed E-state index contributed by atoms with van der Waals surface area (Å²) in [4.78, 5) is 15.9. The molecule has 1 aliphatic rings. The first-order valence-electron chi connectivity index (χ1n) is 8.17. The number of ether oxygens (including phenoxy) is 1. The van der Waals surface area contributed by atoms with Crippen LogP contribution in [0.5, 0.6) is 0 Å². The van der Waals surface area contributed by atoms with Crippen LogP contribution >= 0.6 is 24.0 Å². The molecule has 0 aliphatic carbocycles. The van der Waals surface area contributed by atoms with E-state index in [1.54, 1.807) is 16.7 Å². The summed E-state index contributed by atoms with van der Waals surface area (Å²) >= 11 is 7.12. The van der Waals surface area contributed by atoms with Crippen LogP contribution in [0.15, 0.2) is 24.3 Å². The van der Waals surface area contributed by atoms with Crippen molar-refractivity contribution in [3.8, 4) is 6.07 Å². The second kappa shape index (κ2) is 8.54. The average Bonchev–Trinajstić information content (AvgIpc) is 2.58. The minimum absolute atomic E-state index is 0.261. The van der Waals surface area contributed by atoms with Crippen molar-refractivity contribution in [1.29, 1.82) is 5.26 Å². The van der Waals surface area contributed by atoms with Crippen LogP contribution in [0.4, 0.5) is 4.79 Å². The van der Waals surface area contributed by atoms with Crippen molar-refractivity contribution in [2.75, 3.05) is 26.2 Å². The fourth-order valence-electron chi connectivity index (χ4n) is 2.31. The Bertz CT molecular complexity index is 654. The van der Waals surface area contributed by atoms with Gasteiger partial charge in [0.15, 0.2) is 0 Å². The fourth-order valence-corrected chi connectivity index (χ4v) is 3.52. The summed E-state index contributed by atoms with van der Waals surface area (Å²) in [6.45, 7) is 8.29. The highest BCUT2D eigenvalue weighted by Gasteiger charge is 2.26. The van der Waals surface area contributed by atoms with Crippen molar-refractivity contribution in [3.63, 3.8) is 0 Å². The quantitative estimate of drug-likeness (QED) is 0.734. The molecule has 0 saturated carbocycles. The molecular formula is C18H23N3O2S2. The van der Waals surface area contributed by atoms with Crippen LogP contribution in [-0.4, -0.2) is 52.0 Å². The Labute approximate surface area is 158 Å². The summed E-state index contributed by atoms with van der Waals surface area (Å²) in [6, 6.07) is 9.66. The number of nitriles is 1. The van der Waals surface area contributed by atoms with Gasteiger partial charge in [0.25, 0.3) is 0 Å². The Balaban J connectivity index is 1.77. The highest BCUT2D eigenvalue weighted by atomic mass is 32.2. The van der Waals surface area contributed by atoms with Crippen LogP contribution in [0.1, 0.15) is 31.9 Å². The molecule has 1 aliphatic heterocycles. The van der Waals surface area contributed by atoms with Gasteiger partial charge in [-0.3, -0.25) is 0 Å². The van der Waals surface area contributed by atoms with Crippen molar-refractivity contribution in [3.05, 3.63) is 35.4 Å². The zero-order valence-corrected chi connectivity index (χ0v) is 16.5. The third-order valence-corrected chi connectivity index (χ3v) is 5.23. The van der Waals surface area contributed by atoms with Gasteiger partial charge in [0, 0.05) is 31.9 Å². The molecule has 5 nitrogen and oxygen atoms in total. The van der Waals surface area contributed by atoms with Crippen molar-refractivity contribution in [2.45, 2.75) is 32.1 Å². The molecule has 0 N–H and O–H groups in total. The fraction of sp³-hybridized carbons (Fsp3) is 0.500. The molecule has 0 radical (unpaired) electrons. The number of hydrogen-bond acceptors (Lipinski definition) is 5. The molecular weight excluding hydrogens is 354 g/mol. The van der Waals surface area contributed by atoms with E-state index in [0.29, 0.717) is 18.7 Å². The number of rotatable bonds is 2. The third kappa shape index (κ3) is 6.22. The van der Waals surface area contributed by atoms with Crippen molar-refractivity contribution in [2.24, 2.45) is 0 Å². The van der Waals surface area contributed by atoms with Gasteiger partial charge in [0.1, 0.15) is 9.92 Å². The third-order valence-electron chi connectivity index (χ3n) is 3.63. The number of hydrogen-bond donors (Lipinski definition) is 0. The number of thiocarbonyl (C=S) groups is 1. The molecule has 1 heterocycles. The summed E-state index contributed by atoms with van der Waals surface area (Å²) in [5.41, 5.74) is 1.33. The van der Waals surface area contributed by atoms with Gasteiger partial charge in [-0.1, -0.05) is 36.1 Å². The lowest BCUT2D eigenvalue weighted by molar-refractivity contribution is 0.0189. The standard InChI is InChI=1S/C18H23N3O2S2/c1-18(2,3)23-16(22)20-8-10-21(11-9-20)17(24)25-13-15-6-4-14(12-19)5-7-15/h4-7H,8-11,13H2,1-3H3. The van der Waals surface area contributed by atoms with Gasteiger partial charge in [-0.15, -0.1) is 0 Å². The number of carbonyl (C=O) groups excluding carboxylic acids is 1. The maximum atomic E-state index is 12.1. The number of piperazine rings is 1.